The van der Waals surface area contributed by atoms with Gasteiger partial charge in [0.05, 0.1) is 15.9 Å². The van der Waals surface area contributed by atoms with Crippen molar-refractivity contribution in [3.05, 3.63) is 63.1 Å². The first-order valence-electron chi connectivity index (χ1n) is 7.55. The Morgan fingerprint density at radius 1 is 0.958 bits per heavy atom. The van der Waals surface area contributed by atoms with Crippen molar-refractivity contribution in [1.29, 1.82) is 0 Å². The molecule has 1 aromatic heterocycles. The van der Waals surface area contributed by atoms with Crippen LogP contribution in [0.1, 0.15) is 22.3 Å². The summed E-state index contributed by atoms with van der Waals surface area (Å²) in [5.41, 5.74) is 4.32. The largest absolute Gasteiger partial charge is 0.323 e. The van der Waals surface area contributed by atoms with Crippen molar-refractivity contribution < 1.29 is 8.42 Å². The molecule has 0 radical (unpaired) electrons. The molecule has 0 amide bonds. The summed E-state index contributed by atoms with van der Waals surface area (Å²) < 4.78 is 27.9. The van der Waals surface area contributed by atoms with Crippen molar-refractivity contribution >= 4 is 21.1 Å². The Morgan fingerprint density at radius 2 is 1.58 bits per heavy atom. The van der Waals surface area contributed by atoms with E-state index in [1.165, 1.54) is 0 Å². The fraction of sp³-hybridized carbons (Fsp3) is 0.235. The normalized spacial score (nSPS) is 12.0. The predicted molar refractivity (Wildman–Crippen MR) is 93.6 cm³/mol. The number of sulfonamides is 1. The third kappa shape index (κ3) is 3.13. The number of aromatic nitrogens is 2. The van der Waals surface area contributed by atoms with Crippen molar-refractivity contribution in [1.82, 2.24) is 14.7 Å². The summed E-state index contributed by atoms with van der Waals surface area (Å²) in [6.07, 6.45) is 0. The highest BCUT2D eigenvalue weighted by Gasteiger charge is 2.19. The molecule has 0 aliphatic carbocycles. The zero-order valence-electron chi connectivity index (χ0n) is 13.7. The molecule has 1 heterocycles. The van der Waals surface area contributed by atoms with Crippen LogP contribution in [0.15, 0.2) is 40.0 Å². The summed E-state index contributed by atoms with van der Waals surface area (Å²) in [5.74, 6) is 0. The first-order chi connectivity index (χ1) is 11.3. The fourth-order valence-corrected chi connectivity index (χ4v) is 4.50. The third-order valence-corrected chi connectivity index (χ3v) is 5.63. The quantitative estimate of drug-likeness (QED) is 0.677. The summed E-state index contributed by atoms with van der Waals surface area (Å²) in [6, 6.07) is 9.00. The Labute approximate surface area is 140 Å². The zero-order chi connectivity index (χ0) is 17.5. The molecule has 0 saturated heterocycles. The lowest BCUT2D eigenvalue weighted by Gasteiger charge is -2.13. The number of hydrogen-bond acceptors (Lipinski definition) is 3. The van der Waals surface area contributed by atoms with Crippen molar-refractivity contribution in [2.75, 3.05) is 0 Å². The molecule has 0 fully saturated rings. The van der Waals surface area contributed by atoms with E-state index in [1.54, 1.807) is 32.0 Å². The number of nitrogens with one attached hydrogen (secondary N) is 3. The monoisotopic (exact) mass is 345 g/mol. The highest BCUT2D eigenvalue weighted by atomic mass is 32.2. The molecule has 0 aliphatic rings. The number of benzene rings is 2. The smallest absolute Gasteiger partial charge is 0.306 e. The average molecular weight is 345 g/mol. The third-order valence-electron chi connectivity index (χ3n) is 3.92. The van der Waals surface area contributed by atoms with Crippen molar-refractivity contribution in [2.24, 2.45) is 0 Å². The van der Waals surface area contributed by atoms with Crippen LogP contribution in [0.5, 0.6) is 0 Å². The van der Waals surface area contributed by atoms with Crippen LogP contribution in [-0.2, 0) is 16.6 Å². The van der Waals surface area contributed by atoms with Gasteiger partial charge in [-0.3, -0.25) is 0 Å². The number of H-pyrrole nitrogens is 2. The molecule has 6 nitrogen and oxygen atoms in total. The minimum Gasteiger partial charge on any atom is -0.306 e. The highest BCUT2D eigenvalue weighted by molar-refractivity contribution is 7.89. The van der Waals surface area contributed by atoms with Crippen LogP contribution in [0.3, 0.4) is 0 Å². The van der Waals surface area contributed by atoms with Gasteiger partial charge in [0, 0.05) is 6.54 Å². The van der Waals surface area contributed by atoms with E-state index in [4.69, 9.17) is 0 Å². The lowest BCUT2D eigenvalue weighted by atomic mass is 10.1. The van der Waals surface area contributed by atoms with Crippen LogP contribution in [0.25, 0.3) is 11.0 Å². The van der Waals surface area contributed by atoms with E-state index in [0.29, 0.717) is 15.9 Å². The highest BCUT2D eigenvalue weighted by Crippen LogP contribution is 2.22. The van der Waals surface area contributed by atoms with Crippen molar-refractivity contribution in [3.63, 3.8) is 0 Å². The van der Waals surface area contributed by atoms with Gasteiger partial charge < -0.3 is 9.97 Å². The second kappa shape index (κ2) is 5.92. The summed E-state index contributed by atoms with van der Waals surface area (Å²) in [7, 11) is -3.61. The maximum absolute atomic E-state index is 12.7. The number of aromatic amines is 2. The van der Waals surface area contributed by atoms with Gasteiger partial charge in [-0.05, 0) is 49.6 Å². The van der Waals surface area contributed by atoms with Crippen molar-refractivity contribution in [2.45, 2.75) is 32.2 Å². The SMILES string of the molecule is Cc1cc(C)c(S(=O)(=O)NCc2ccc3[nH]c(=O)[nH]c3c2)c(C)c1. The van der Waals surface area contributed by atoms with E-state index in [1.807, 2.05) is 19.1 Å². The lowest BCUT2D eigenvalue weighted by Crippen LogP contribution is -2.25. The minimum absolute atomic E-state index is 0.151. The Balaban J connectivity index is 1.88. The predicted octanol–water partition coefficient (Wildman–Crippen LogP) is 2.26. The van der Waals surface area contributed by atoms with Gasteiger partial charge in [-0.25, -0.2) is 17.9 Å². The minimum atomic E-state index is -3.61. The van der Waals surface area contributed by atoms with Crippen LogP contribution >= 0.6 is 0 Å². The molecule has 3 aromatic rings. The summed E-state index contributed by atoms with van der Waals surface area (Å²) >= 11 is 0. The molecule has 3 rings (SSSR count). The molecule has 0 saturated carbocycles. The molecule has 0 atom stereocenters. The van der Waals surface area contributed by atoms with E-state index in [-0.39, 0.29) is 12.2 Å². The van der Waals surface area contributed by atoms with Gasteiger partial charge in [0.25, 0.3) is 0 Å². The Kier molecular flexibility index (Phi) is 4.06. The molecule has 0 unspecified atom stereocenters. The molecule has 2 aromatic carbocycles. The molecule has 24 heavy (non-hydrogen) atoms. The van der Waals surface area contributed by atoms with Gasteiger partial charge >= 0.3 is 5.69 Å². The molecule has 0 aliphatic heterocycles. The molecule has 0 spiro atoms. The van der Waals surface area contributed by atoms with E-state index in [2.05, 4.69) is 14.7 Å². The van der Waals surface area contributed by atoms with E-state index >= 15 is 0 Å². The maximum atomic E-state index is 12.7. The number of imidazole rings is 1. The Hall–Kier alpha value is -2.38. The van der Waals surface area contributed by atoms with Gasteiger partial charge in [0.1, 0.15) is 0 Å². The zero-order valence-corrected chi connectivity index (χ0v) is 14.5. The molecular formula is C17H19N3O3S. The van der Waals surface area contributed by atoms with Gasteiger partial charge in [-0.1, -0.05) is 23.8 Å². The lowest BCUT2D eigenvalue weighted by molar-refractivity contribution is 0.580. The first-order valence-corrected chi connectivity index (χ1v) is 9.03. The second-order valence-corrected chi connectivity index (χ2v) is 7.72. The standard InChI is InChI=1S/C17H19N3O3S/c1-10-6-11(2)16(12(3)7-10)24(22,23)18-9-13-4-5-14-15(8-13)20-17(21)19-14/h4-8,18H,9H2,1-3H3,(H2,19,20,21). The Morgan fingerprint density at radius 3 is 2.25 bits per heavy atom. The summed E-state index contributed by atoms with van der Waals surface area (Å²) in [4.78, 5) is 16.9. The van der Waals surface area contributed by atoms with Gasteiger partial charge in [0.2, 0.25) is 10.0 Å². The number of hydrogen-bond donors (Lipinski definition) is 3. The summed E-state index contributed by atoms with van der Waals surface area (Å²) in [6.45, 7) is 5.69. The summed E-state index contributed by atoms with van der Waals surface area (Å²) in [5, 5.41) is 0. The first kappa shape index (κ1) is 16.5. The molecule has 126 valence electrons. The van der Waals surface area contributed by atoms with Crippen LogP contribution in [0.4, 0.5) is 0 Å². The topological polar surface area (TPSA) is 94.8 Å². The van der Waals surface area contributed by atoms with Gasteiger partial charge in [-0.2, -0.15) is 0 Å². The number of aryl methyl sites for hydroxylation is 3. The van der Waals surface area contributed by atoms with E-state index < -0.39 is 10.0 Å². The van der Waals surface area contributed by atoms with Crippen LogP contribution < -0.4 is 10.4 Å². The van der Waals surface area contributed by atoms with Gasteiger partial charge in [-0.15, -0.1) is 0 Å². The average Bonchev–Trinajstić information content (AvgIpc) is 2.83. The molecule has 7 heteroatoms. The molecular weight excluding hydrogens is 326 g/mol. The van der Waals surface area contributed by atoms with E-state index in [9.17, 15) is 13.2 Å². The van der Waals surface area contributed by atoms with Crippen molar-refractivity contribution in [3.8, 4) is 0 Å². The van der Waals surface area contributed by atoms with Crippen LogP contribution in [0.2, 0.25) is 0 Å². The molecule has 0 bridgehead atoms. The van der Waals surface area contributed by atoms with Crippen LogP contribution in [-0.4, -0.2) is 18.4 Å². The van der Waals surface area contributed by atoms with Crippen LogP contribution in [0, 0.1) is 20.8 Å². The second-order valence-electron chi connectivity index (χ2n) is 6.01. The molecule has 3 N–H and O–H groups in total. The fourth-order valence-electron chi connectivity index (χ4n) is 3.03. The Bertz CT molecular complexity index is 1050. The number of rotatable bonds is 4. The van der Waals surface area contributed by atoms with E-state index in [0.717, 1.165) is 22.3 Å². The van der Waals surface area contributed by atoms with Gasteiger partial charge in [0.15, 0.2) is 0 Å². The number of fused-ring (bicyclic) bond motifs is 1. The maximum Gasteiger partial charge on any atom is 0.323 e.